The van der Waals surface area contributed by atoms with E-state index in [2.05, 4.69) is 40.3 Å². The number of aromatic nitrogens is 4. The van der Waals surface area contributed by atoms with E-state index in [9.17, 15) is 14.0 Å². The number of nitrogens with one attached hydrogen (secondary N) is 2. The summed E-state index contributed by atoms with van der Waals surface area (Å²) in [6, 6.07) is 18.0. The predicted molar refractivity (Wildman–Crippen MR) is 160 cm³/mol. The van der Waals surface area contributed by atoms with Crippen LogP contribution in [0.3, 0.4) is 0 Å². The summed E-state index contributed by atoms with van der Waals surface area (Å²) in [4.78, 5) is 24.7. The zero-order valence-electron chi connectivity index (χ0n) is 22.1. The van der Waals surface area contributed by atoms with Gasteiger partial charge < -0.3 is 10.6 Å². The molecule has 40 heavy (non-hydrogen) atoms. The van der Waals surface area contributed by atoms with E-state index in [4.69, 9.17) is 7.85 Å². The number of benzene rings is 2. The summed E-state index contributed by atoms with van der Waals surface area (Å²) >= 11 is 1.33. The lowest BCUT2D eigenvalue weighted by molar-refractivity contribution is -0.116. The second kappa shape index (κ2) is 13.7. The molecule has 4 rings (SSSR count). The molecule has 2 amide bonds. The molecule has 2 heterocycles. The van der Waals surface area contributed by atoms with Crippen molar-refractivity contribution in [3.63, 3.8) is 0 Å². The van der Waals surface area contributed by atoms with Gasteiger partial charge in [-0.1, -0.05) is 74.6 Å². The van der Waals surface area contributed by atoms with Crippen molar-refractivity contribution in [1.29, 1.82) is 0 Å². The minimum Gasteiger partial charge on any atom is -0.309 e. The number of hydrogen-bond acceptors (Lipinski definition) is 7. The van der Waals surface area contributed by atoms with Gasteiger partial charge in [0.2, 0.25) is 16.9 Å². The van der Waals surface area contributed by atoms with Crippen LogP contribution in [0.2, 0.25) is 0 Å². The highest BCUT2D eigenvalue weighted by molar-refractivity contribution is 7.18. The molecule has 2 radical (unpaired) electrons. The van der Waals surface area contributed by atoms with Gasteiger partial charge in [0.25, 0.3) is 0 Å². The van der Waals surface area contributed by atoms with Gasteiger partial charge in [0.05, 0.1) is 18.5 Å². The largest absolute Gasteiger partial charge is 0.309 e. The van der Waals surface area contributed by atoms with Gasteiger partial charge in [0.1, 0.15) is 18.3 Å². The van der Waals surface area contributed by atoms with Gasteiger partial charge in [-0.15, -0.1) is 15.3 Å². The molecule has 0 saturated carbocycles. The molecule has 2 unspecified atom stereocenters. The summed E-state index contributed by atoms with van der Waals surface area (Å²) in [5, 5.41) is 21.7. The van der Waals surface area contributed by atoms with E-state index in [0.717, 1.165) is 41.9 Å². The number of halogens is 1. The molecule has 2 N–H and O–H groups in total. The quantitative estimate of drug-likeness (QED) is 0.150. The Hall–Kier alpha value is -3.56. The molecule has 0 saturated heterocycles. The third-order valence-corrected chi connectivity index (χ3v) is 7.16. The second-order valence-electron chi connectivity index (χ2n) is 9.59. The number of unbranched alkanes of at least 4 members (excludes halogenated alkanes) is 1. The second-order valence-corrected chi connectivity index (χ2v) is 11.7. The number of alkyl halides is 1. The molecule has 4 aromatic rings. The molecule has 0 bridgehead atoms. The smallest absolute Gasteiger partial charge is 0.230 e. The molecule has 8 nitrogen and oxygen atoms in total. The van der Waals surface area contributed by atoms with Gasteiger partial charge in [-0.25, -0.2) is 4.39 Å². The molecule has 0 aliphatic carbocycles. The maximum atomic E-state index is 14.3. The molecule has 0 fully saturated rings. The Bertz CT molecular complexity index is 1450. The number of anilines is 2. The summed E-state index contributed by atoms with van der Waals surface area (Å²) in [6.07, 6.45) is 3.52. The van der Waals surface area contributed by atoms with Crippen LogP contribution < -0.4 is 16.1 Å². The molecule has 204 valence electrons. The molecule has 12 heteroatoms. The first-order valence-electron chi connectivity index (χ1n) is 12.8. The van der Waals surface area contributed by atoms with E-state index in [0.29, 0.717) is 27.5 Å². The lowest BCUT2D eigenvalue weighted by atomic mass is 9.90. The van der Waals surface area contributed by atoms with Gasteiger partial charge in [-0.2, -0.15) is 5.10 Å². The van der Waals surface area contributed by atoms with Crippen molar-refractivity contribution in [2.75, 3.05) is 10.6 Å². The Morgan fingerprint density at radius 2 is 1.62 bits per heavy atom. The molecule has 2 aromatic carbocycles. The molecule has 0 aliphatic heterocycles. The first-order chi connectivity index (χ1) is 19.1. The summed E-state index contributed by atoms with van der Waals surface area (Å²) in [5.74, 6) is 0.0104. The predicted octanol–water partition coefficient (Wildman–Crippen LogP) is 4.07. The van der Waals surface area contributed by atoms with E-state index in [-0.39, 0.29) is 24.7 Å². The molecule has 0 spiro atoms. The molecule has 0 aliphatic rings. The Kier molecular flexibility index (Phi) is 10.1. The van der Waals surface area contributed by atoms with Crippen molar-refractivity contribution in [2.24, 2.45) is 0 Å². The van der Waals surface area contributed by atoms with Crippen molar-refractivity contribution in [3.05, 3.63) is 88.1 Å². The highest BCUT2D eigenvalue weighted by Gasteiger charge is 2.20. The number of hydrogen-bond donors (Lipinski definition) is 2. The van der Waals surface area contributed by atoms with Crippen LogP contribution in [0.4, 0.5) is 15.3 Å². The third-order valence-electron chi connectivity index (χ3n) is 5.93. The summed E-state index contributed by atoms with van der Waals surface area (Å²) in [6.45, 7) is 1.41. The SMILES string of the molecule is [B]c1cc(CC(=O)Nc2nnc(CCCCc3ccc(NC(=O)Cc4ccccc4)nn3)s2)cc(C(C)(F)P)c1. The number of aryl methyl sites for hydroxylation is 2. The van der Waals surface area contributed by atoms with E-state index in [1.54, 1.807) is 24.3 Å². The minimum atomic E-state index is -1.63. The van der Waals surface area contributed by atoms with Crippen molar-refractivity contribution in [3.8, 4) is 0 Å². The fraction of sp³-hybridized carbons (Fsp3) is 0.286. The van der Waals surface area contributed by atoms with Gasteiger partial charge >= 0.3 is 0 Å². The van der Waals surface area contributed by atoms with Crippen LogP contribution in [-0.4, -0.2) is 40.1 Å². The lowest BCUT2D eigenvalue weighted by Gasteiger charge is -2.17. The highest BCUT2D eigenvalue weighted by Crippen LogP contribution is 2.32. The number of carbonyl (C=O) groups is 2. The van der Waals surface area contributed by atoms with Crippen LogP contribution >= 0.6 is 20.6 Å². The van der Waals surface area contributed by atoms with Crippen LogP contribution in [-0.2, 0) is 40.7 Å². The van der Waals surface area contributed by atoms with Crippen molar-refractivity contribution >= 4 is 56.6 Å². The fourth-order valence-corrected chi connectivity index (χ4v) is 4.93. The number of nitrogens with zero attached hydrogens (tertiary/aromatic N) is 4. The molecular formula is C28H29BFN6O2PS. The van der Waals surface area contributed by atoms with Crippen molar-refractivity contribution in [1.82, 2.24) is 20.4 Å². The zero-order chi connectivity index (χ0) is 28.5. The monoisotopic (exact) mass is 574 g/mol. The van der Waals surface area contributed by atoms with Crippen LogP contribution in [0.15, 0.2) is 60.7 Å². The third kappa shape index (κ3) is 9.28. The van der Waals surface area contributed by atoms with Crippen LogP contribution in [0.25, 0.3) is 0 Å². The van der Waals surface area contributed by atoms with E-state index in [1.807, 2.05) is 36.4 Å². The first-order valence-corrected chi connectivity index (χ1v) is 14.2. The fourth-order valence-electron chi connectivity index (χ4n) is 3.97. The molecule has 2 atom stereocenters. The van der Waals surface area contributed by atoms with Crippen LogP contribution in [0, 0.1) is 0 Å². The Morgan fingerprint density at radius 1 is 0.900 bits per heavy atom. The minimum absolute atomic E-state index is 0.0459. The topological polar surface area (TPSA) is 110 Å². The maximum Gasteiger partial charge on any atom is 0.230 e. The van der Waals surface area contributed by atoms with Gasteiger partial charge in [0, 0.05) is 6.42 Å². The summed E-state index contributed by atoms with van der Waals surface area (Å²) in [5.41, 5.74) is 3.19. The zero-order valence-corrected chi connectivity index (χ0v) is 24.0. The average molecular weight is 574 g/mol. The number of carbonyl (C=O) groups excluding carboxylic acids is 2. The number of amides is 2. The summed E-state index contributed by atoms with van der Waals surface area (Å²) < 4.78 is 14.3. The van der Waals surface area contributed by atoms with Gasteiger partial charge in [-0.05, 0) is 55.0 Å². The van der Waals surface area contributed by atoms with Crippen LogP contribution in [0.5, 0.6) is 0 Å². The normalized spacial score (nSPS) is 12.5. The van der Waals surface area contributed by atoms with Gasteiger partial charge in [0.15, 0.2) is 5.82 Å². The first kappa shape index (κ1) is 29.4. The number of rotatable bonds is 12. The Labute approximate surface area is 240 Å². The molecule has 2 aromatic heterocycles. The van der Waals surface area contributed by atoms with Crippen LogP contribution in [0.1, 0.15) is 47.2 Å². The van der Waals surface area contributed by atoms with E-state index in [1.165, 1.54) is 18.3 Å². The Morgan fingerprint density at radius 3 is 2.35 bits per heavy atom. The highest BCUT2D eigenvalue weighted by atomic mass is 32.1. The van der Waals surface area contributed by atoms with Gasteiger partial charge in [-0.3, -0.25) is 9.59 Å². The average Bonchev–Trinajstić information content (AvgIpc) is 3.34. The van der Waals surface area contributed by atoms with Crippen molar-refractivity contribution < 1.29 is 14.0 Å². The molecular weight excluding hydrogens is 545 g/mol. The standard InChI is InChI=1S/C28H29BFN6O2PS/c1-28(30,39)20-13-19(14-21(29)17-20)16-25(38)32-27-36-35-26(40-27)10-6-5-9-22-11-12-23(34-33-22)31-24(37)15-18-7-3-2-4-8-18/h2-4,7-8,11-14,17H,5-6,9-10,15-16,39H2,1H3,(H,31,34,37)(H,32,36,38). The summed E-state index contributed by atoms with van der Waals surface area (Å²) in [7, 11) is 8.01. The van der Waals surface area contributed by atoms with E-state index < -0.39 is 5.41 Å². The van der Waals surface area contributed by atoms with E-state index >= 15 is 0 Å². The van der Waals surface area contributed by atoms with Crippen molar-refractivity contribution in [2.45, 2.75) is 50.9 Å². The Balaban J connectivity index is 1.17. The maximum absolute atomic E-state index is 14.3. The lowest BCUT2D eigenvalue weighted by Crippen LogP contribution is -2.18.